The van der Waals surface area contributed by atoms with Crippen molar-refractivity contribution in [3.8, 4) is 12.3 Å². The van der Waals surface area contributed by atoms with Gasteiger partial charge in [-0.2, -0.15) is 5.11 Å². The molecule has 4 heteroatoms. The molecule has 0 fully saturated rings. The first kappa shape index (κ1) is 6.63. The van der Waals surface area contributed by atoms with E-state index in [1.165, 1.54) is 0 Å². The van der Waals surface area contributed by atoms with Gasteiger partial charge in [0.25, 0.3) is 0 Å². The van der Waals surface area contributed by atoms with Crippen molar-refractivity contribution in [1.29, 1.82) is 0 Å². The Balaban J connectivity index is 3.38. The summed E-state index contributed by atoms with van der Waals surface area (Å²) in [5.41, 5.74) is 4.57. The number of nitrogens with zero attached hydrogens (tertiary/aromatic N) is 2. The van der Waals surface area contributed by atoms with Crippen LogP contribution in [0.25, 0.3) is 0 Å². The summed E-state index contributed by atoms with van der Waals surface area (Å²) in [6.07, 6.45) is 4.76. The first-order valence-electron chi connectivity index (χ1n) is 1.87. The predicted molar refractivity (Wildman–Crippen MR) is 28.1 cm³/mol. The Bertz CT molecular complexity index is 144. The molecule has 0 radical (unpaired) electrons. The van der Waals surface area contributed by atoms with Gasteiger partial charge in [0.05, 0.1) is 0 Å². The van der Waals surface area contributed by atoms with Crippen molar-refractivity contribution in [2.45, 2.75) is 0 Å². The highest BCUT2D eigenvalue weighted by molar-refractivity contribution is 5.71. The number of carbonyl (C=O) groups excluding carboxylic acids is 1. The lowest BCUT2D eigenvalue weighted by molar-refractivity contribution is 0.255. The fraction of sp³-hybridized carbons (Fsp3) is 0.250. The highest BCUT2D eigenvalue weighted by Crippen LogP contribution is 1.71. The molecule has 2 N–H and O–H groups in total. The number of hydrogen-bond donors (Lipinski definition) is 1. The number of hydrogen-bond acceptors (Lipinski definition) is 2. The third kappa shape index (κ3) is 4.63. The van der Waals surface area contributed by atoms with E-state index < -0.39 is 6.03 Å². The zero-order valence-corrected chi connectivity index (χ0v) is 4.16. The van der Waals surface area contributed by atoms with Gasteiger partial charge >= 0.3 is 6.03 Å². The van der Waals surface area contributed by atoms with Crippen molar-refractivity contribution in [2.75, 3.05) is 6.54 Å². The third-order valence-corrected chi connectivity index (χ3v) is 0.331. The van der Waals surface area contributed by atoms with Crippen LogP contribution in [0.3, 0.4) is 0 Å². The fourth-order valence-electron chi connectivity index (χ4n) is 0.146. The van der Waals surface area contributed by atoms with Gasteiger partial charge in [-0.05, 0) is 0 Å². The van der Waals surface area contributed by atoms with Crippen molar-refractivity contribution < 1.29 is 4.79 Å². The number of rotatable bonds is 1. The lowest BCUT2D eigenvalue weighted by Crippen LogP contribution is -2.02. The van der Waals surface area contributed by atoms with E-state index in [9.17, 15) is 4.79 Å². The molecule has 0 heterocycles. The summed E-state index contributed by atoms with van der Waals surface area (Å²) in [5.74, 6) is 2.15. The Labute approximate surface area is 46.8 Å². The maximum absolute atomic E-state index is 9.77. The Hall–Kier alpha value is -1.37. The Kier molecular flexibility index (Phi) is 3.16. The van der Waals surface area contributed by atoms with Gasteiger partial charge in [-0.3, -0.25) is 0 Å². The topological polar surface area (TPSA) is 67.8 Å². The molecule has 0 unspecified atom stereocenters. The molecule has 0 aromatic rings. The van der Waals surface area contributed by atoms with E-state index in [2.05, 4.69) is 21.9 Å². The van der Waals surface area contributed by atoms with Gasteiger partial charge in [0.2, 0.25) is 0 Å². The van der Waals surface area contributed by atoms with Gasteiger partial charge in [0, 0.05) is 0 Å². The van der Waals surface area contributed by atoms with E-state index in [1.54, 1.807) is 0 Å². The van der Waals surface area contributed by atoms with E-state index in [0.717, 1.165) is 0 Å². The van der Waals surface area contributed by atoms with E-state index in [4.69, 9.17) is 6.42 Å². The van der Waals surface area contributed by atoms with Crippen molar-refractivity contribution in [3.05, 3.63) is 0 Å². The van der Waals surface area contributed by atoms with Crippen molar-refractivity contribution in [2.24, 2.45) is 16.0 Å². The first-order chi connectivity index (χ1) is 3.77. The molecular formula is C4H5N3O. The number of carbonyl (C=O) groups is 1. The van der Waals surface area contributed by atoms with Crippen LogP contribution in [0, 0.1) is 12.3 Å². The van der Waals surface area contributed by atoms with Gasteiger partial charge < -0.3 is 5.73 Å². The summed E-state index contributed by atoms with van der Waals surface area (Å²) in [4.78, 5) is 9.77. The fourth-order valence-corrected chi connectivity index (χ4v) is 0.146. The quantitative estimate of drug-likeness (QED) is 0.379. The monoisotopic (exact) mass is 111 g/mol. The summed E-state index contributed by atoms with van der Waals surface area (Å²) in [5, 5.41) is 6.14. The molecule has 0 aliphatic carbocycles. The molecular weight excluding hydrogens is 106 g/mol. The molecule has 0 bridgehead atoms. The van der Waals surface area contributed by atoms with Gasteiger partial charge in [0.15, 0.2) is 0 Å². The molecule has 4 nitrogen and oxygen atoms in total. The smallest absolute Gasteiger partial charge is 0.348 e. The average molecular weight is 111 g/mol. The van der Waals surface area contributed by atoms with E-state index in [1.807, 2.05) is 0 Å². The molecule has 8 heavy (non-hydrogen) atoms. The predicted octanol–water partition coefficient (Wildman–Crippen LogP) is 0.151. The molecule has 0 spiro atoms. The minimum absolute atomic E-state index is 0.100. The summed E-state index contributed by atoms with van der Waals surface area (Å²) in [6.45, 7) is 0.100. The Morgan fingerprint density at radius 3 is 2.88 bits per heavy atom. The minimum Gasteiger partial charge on any atom is -0.348 e. The normalized spacial score (nSPS) is 8.88. The van der Waals surface area contributed by atoms with Crippen LogP contribution in [-0.4, -0.2) is 12.6 Å². The molecule has 0 aromatic heterocycles. The molecule has 2 amide bonds. The van der Waals surface area contributed by atoms with Crippen LogP contribution in [0.15, 0.2) is 10.2 Å². The van der Waals surface area contributed by atoms with Crippen molar-refractivity contribution in [3.63, 3.8) is 0 Å². The maximum Gasteiger partial charge on any atom is 0.356 e. The van der Waals surface area contributed by atoms with Gasteiger partial charge in [-0.25, -0.2) is 4.79 Å². The average Bonchev–Trinajstić information content (AvgIpc) is 1.66. The second kappa shape index (κ2) is 3.81. The summed E-state index contributed by atoms with van der Waals surface area (Å²) < 4.78 is 0. The maximum atomic E-state index is 9.77. The summed E-state index contributed by atoms with van der Waals surface area (Å²) in [7, 11) is 0. The number of urea groups is 1. The summed E-state index contributed by atoms with van der Waals surface area (Å²) >= 11 is 0. The highest BCUT2D eigenvalue weighted by Gasteiger charge is 1.79. The van der Waals surface area contributed by atoms with Crippen LogP contribution in [0.4, 0.5) is 4.79 Å². The molecule has 0 saturated carbocycles. The molecule has 0 saturated heterocycles. The molecule has 0 aliphatic heterocycles. The standard InChI is InChI=1S/C4H5N3O/c1-2-3-6-7-4(5)8/h1H,3H2,(H2,5,8)/b7-6-. The zero-order valence-electron chi connectivity index (χ0n) is 4.16. The molecule has 0 rings (SSSR count). The second-order valence-electron chi connectivity index (χ2n) is 0.942. The lowest BCUT2D eigenvalue weighted by atomic mass is 10.7. The lowest BCUT2D eigenvalue weighted by Gasteiger charge is -1.74. The van der Waals surface area contributed by atoms with Crippen molar-refractivity contribution in [1.82, 2.24) is 0 Å². The van der Waals surface area contributed by atoms with Gasteiger partial charge in [0.1, 0.15) is 6.54 Å². The number of terminal acetylenes is 1. The minimum atomic E-state index is -0.819. The Morgan fingerprint density at radius 1 is 1.88 bits per heavy atom. The largest absolute Gasteiger partial charge is 0.356 e. The summed E-state index contributed by atoms with van der Waals surface area (Å²) in [6, 6.07) is -0.819. The molecule has 42 valence electrons. The first-order valence-corrected chi connectivity index (χ1v) is 1.87. The zero-order chi connectivity index (χ0) is 6.41. The van der Waals surface area contributed by atoms with Gasteiger partial charge in [-0.15, -0.1) is 6.42 Å². The molecule has 0 atom stereocenters. The SMILES string of the molecule is C#CC/N=N\C(N)=O. The Morgan fingerprint density at radius 2 is 2.50 bits per heavy atom. The second-order valence-corrected chi connectivity index (χ2v) is 0.942. The van der Waals surface area contributed by atoms with E-state index in [0.29, 0.717) is 0 Å². The van der Waals surface area contributed by atoms with E-state index >= 15 is 0 Å². The van der Waals surface area contributed by atoms with Crippen LogP contribution in [0.2, 0.25) is 0 Å². The number of amides is 2. The van der Waals surface area contributed by atoms with Crippen LogP contribution in [0.1, 0.15) is 0 Å². The third-order valence-electron chi connectivity index (χ3n) is 0.331. The van der Waals surface area contributed by atoms with E-state index in [-0.39, 0.29) is 6.54 Å². The van der Waals surface area contributed by atoms with Crippen LogP contribution < -0.4 is 5.73 Å². The number of azo groups is 1. The highest BCUT2D eigenvalue weighted by atomic mass is 16.2. The molecule has 0 aliphatic rings. The van der Waals surface area contributed by atoms with Crippen LogP contribution in [0.5, 0.6) is 0 Å². The van der Waals surface area contributed by atoms with Gasteiger partial charge in [-0.1, -0.05) is 11.0 Å². The van der Waals surface area contributed by atoms with Crippen LogP contribution >= 0.6 is 0 Å². The van der Waals surface area contributed by atoms with Crippen LogP contribution in [-0.2, 0) is 0 Å². The number of primary amides is 1. The molecule has 0 aromatic carbocycles. The number of nitrogens with two attached hydrogens (primary N) is 1. The van der Waals surface area contributed by atoms with Crippen molar-refractivity contribution >= 4 is 6.03 Å².